The molecule has 0 amide bonds. The number of hydrogen-bond donors (Lipinski definition) is 1. The van der Waals surface area contributed by atoms with Crippen molar-refractivity contribution in [1.82, 2.24) is 4.98 Å². The van der Waals surface area contributed by atoms with Crippen LogP contribution in [0.5, 0.6) is 0 Å². The third-order valence-corrected chi connectivity index (χ3v) is 3.90. The minimum atomic E-state index is 0.301. The Labute approximate surface area is 109 Å². The lowest BCUT2D eigenvalue weighted by Crippen LogP contribution is -2.04. The third-order valence-electron chi connectivity index (χ3n) is 2.85. The molecule has 0 radical (unpaired) electrons. The van der Waals surface area contributed by atoms with Crippen LogP contribution >= 0.6 is 11.3 Å². The van der Waals surface area contributed by atoms with Gasteiger partial charge in [-0.05, 0) is 36.6 Å². The fourth-order valence-corrected chi connectivity index (χ4v) is 2.73. The Morgan fingerprint density at radius 2 is 2.22 bits per heavy atom. The molecule has 0 saturated heterocycles. The Morgan fingerprint density at radius 1 is 1.33 bits per heavy atom. The molecule has 1 unspecified atom stereocenters. The molecule has 0 aliphatic rings. The van der Waals surface area contributed by atoms with Crippen LogP contribution in [0, 0.1) is 6.92 Å². The number of nitrogens with zero attached hydrogens (tertiary/aromatic N) is 1. The number of fused-ring (bicyclic) bond motifs is 1. The van der Waals surface area contributed by atoms with Gasteiger partial charge in [0, 0.05) is 17.5 Å². The predicted octanol–water partition coefficient (Wildman–Crippen LogP) is 4.37. The van der Waals surface area contributed by atoms with E-state index in [1.807, 2.05) is 25.1 Å². The molecule has 3 aromatic rings. The number of hydrogen-bond acceptors (Lipinski definition) is 4. The van der Waals surface area contributed by atoms with Crippen molar-refractivity contribution in [3.63, 3.8) is 0 Å². The Hall–Kier alpha value is -1.81. The van der Waals surface area contributed by atoms with Gasteiger partial charge in [0.1, 0.15) is 5.52 Å². The highest BCUT2D eigenvalue weighted by Gasteiger charge is 2.08. The highest BCUT2D eigenvalue weighted by Crippen LogP contribution is 2.25. The fraction of sp³-hybridized carbons (Fsp3) is 0.214. The van der Waals surface area contributed by atoms with Gasteiger partial charge in [0.05, 0.1) is 6.04 Å². The van der Waals surface area contributed by atoms with Gasteiger partial charge >= 0.3 is 0 Å². The van der Waals surface area contributed by atoms with Crippen LogP contribution in [0.25, 0.3) is 11.1 Å². The lowest BCUT2D eigenvalue weighted by atomic mass is 10.2. The minimum Gasteiger partial charge on any atom is -0.441 e. The second-order valence-corrected chi connectivity index (χ2v) is 5.28. The number of rotatable bonds is 3. The quantitative estimate of drug-likeness (QED) is 0.758. The van der Waals surface area contributed by atoms with Crippen molar-refractivity contribution in [2.24, 2.45) is 0 Å². The Morgan fingerprint density at radius 3 is 3.00 bits per heavy atom. The highest BCUT2D eigenvalue weighted by molar-refractivity contribution is 7.10. The van der Waals surface area contributed by atoms with Crippen LogP contribution in [0.4, 0.5) is 5.69 Å². The molecule has 2 aromatic heterocycles. The van der Waals surface area contributed by atoms with Gasteiger partial charge in [0.2, 0.25) is 0 Å². The second kappa shape index (κ2) is 4.46. The smallest absolute Gasteiger partial charge is 0.192 e. The maximum Gasteiger partial charge on any atom is 0.192 e. The van der Waals surface area contributed by atoms with E-state index in [2.05, 4.69) is 34.7 Å². The van der Waals surface area contributed by atoms with Crippen LogP contribution in [0.15, 0.2) is 40.1 Å². The molecule has 0 aliphatic carbocycles. The van der Waals surface area contributed by atoms with E-state index in [1.54, 1.807) is 11.3 Å². The van der Waals surface area contributed by atoms with Gasteiger partial charge in [-0.3, -0.25) is 0 Å². The van der Waals surface area contributed by atoms with Crippen LogP contribution in [0.3, 0.4) is 0 Å². The first kappa shape index (κ1) is 11.3. The van der Waals surface area contributed by atoms with Crippen molar-refractivity contribution < 1.29 is 4.42 Å². The molecule has 0 saturated carbocycles. The van der Waals surface area contributed by atoms with Crippen LogP contribution < -0.4 is 5.32 Å². The Bertz CT molecular complexity index is 658. The molecule has 3 nitrogen and oxygen atoms in total. The molecule has 92 valence electrons. The lowest BCUT2D eigenvalue weighted by Gasteiger charge is -2.13. The first-order valence-corrected chi connectivity index (χ1v) is 6.77. The van der Waals surface area contributed by atoms with Gasteiger partial charge in [-0.25, -0.2) is 4.98 Å². The van der Waals surface area contributed by atoms with E-state index in [-0.39, 0.29) is 0 Å². The summed E-state index contributed by atoms with van der Waals surface area (Å²) >= 11 is 1.76. The fourth-order valence-electron chi connectivity index (χ4n) is 1.99. The highest BCUT2D eigenvalue weighted by atomic mass is 32.1. The van der Waals surface area contributed by atoms with E-state index in [4.69, 9.17) is 4.42 Å². The van der Waals surface area contributed by atoms with Crippen LogP contribution in [0.1, 0.15) is 23.7 Å². The summed E-state index contributed by atoms with van der Waals surface area (Å²) in [6.07, 6.45) is 0. The molecule has 0 aliphatic heterocycles. The van der Waals surface area contributed by atoms with Gasteiger partial charge in [-0.2, -0.15) is 0 Å². The summed E-state index contributed by atoms with van der Waals surface area (Å²) in [6.45, 7) is 4.02. The van der Waals surface area contributed by atoms with Crippen molar-refractivity contribution in [1.29, 1.82) is 0 Å². The largest absolute Gasteiger partial charge is 0.441 e. The molecule has 1 aromatic carbocycles. The van der Waals surface area contributed by atoms with Crippen molar-refractivity contribution >= 4 is 28.1 Å². The number of aryl methyl sites for hydroxylation is 1. The number of benzene rings is 1. The first-order chi connectivity index (χ1) is 8.72. The molecule has 18 heavy (non-hydrogen) atoms. The zero-order valence-corrected chi connectivity index (χ0v) is 11.1. The third kappa shape index (κ3) is 2.11. The van der Waals surface area contributed by atoms with E-state index in [0.717, 1.165) is 16.8 Å². The van der Waals surface area contributed by atoms with E-state index in [9.17, 15) is 0 Å². The SMILES string of the molecule is Cc1nc2cc(NC(C)c3cccs3)ccc2o1. The van der Waals surface area contributed by atoms with Gasteiger partial charge in [0.15, 0.2) is 11.5 Å². The summed E-state index contributed by atoms with van der Waals surface area (Å²) in [6, 6.07) is 10.5. The average molecular weight is 258 g/mol. The van der Waals surface area contributed by atoms with Crippen molar-refractivity contribution in [3.8, 4) is 0 Å². The summed E-state index contributed by atoms with van der Waals surface area (Å²) in [5.74, 6) is 0.702. The molecular formula is C14H14N2OS. The molecule has 0 spiro atoms. The lowest BCUT2D eigenvalue weighted by molar-refractivity contribution is 0.561. The zero-order chi connectivity index (χ0) is 12.5. The molecule has 3 rings (SSSR count). The molecular weight excluding hydrogens is 244 g/mol. The van der Waals surface area contributed by atoms with E-state index in [1.165, 1.54) is 4.88 Å². The van der Waals surface area contributed by atoms with Crippen LogP contribution in [-0.4, -0.2) is 4.98 Å². The monoisotopic (exact) mass is 258 g/mol. The summed E-state index contributed by atoms with van der Waals surface area (Å²) in [5, 5.41) is 5.57. The van der Waals surface area contributed by atoms with Gasteiger partial charge in [-0.15, -0.1) is 11.3 Å². The average Bonchev–Trinajstić information content (AvgIpc) is 2.95. The van der Waals surface area contributed by atoms with Crippen molar-refractivity contribution in [3.05, 3.63) is 46.5 Å². The molecule has 2 heterocycles. The summed E-state index contributed by atoms with van der Waals surface area (Å²) < 4.78 is 5.46. The van der Waals surface area contributed by atoms with E-state index >= 15 is 0 Å². The molecule has 1 atom stereocenters. The van der Waals surface area contributed by atoms with Crippen LogP contribution in [0.2, 0.25) is 0 Å². The molecule has 1 N–H and O–H groups in total. The van der Waals surface area contributed by atoms with E-state index in [0.29, 0.717) is 11.9 Å². The van der Waals surface area contributed by atoms with Crippen molar-refractivity contribution in [2.45, 2.75) is 19.9 Å². The Kier molecular flexibility index (Phi) is 2.80. The zero-order valence-electron chi connectivity index (χ0n) is 10.3. The first-order valence-electron chi connectivity index (χ1n) is 5.89. The summed E-state index contributed by atoms with van der Waals surface area (Å²) in [5.41, 5.74) is 2.80. The normalized spacial score (nSPS) is 12.8. The number of thiophene rings is 1. The van der Waals surface area contributed by atoms with Gasteiger partial charge in [-0.1, -0.05) is 6.07 Å². The molecule has 0 bridgehead atoms. The topological polar surface area (TPSA) is 38.1 Å². The molecule has 4 heteroatoms. The maximum absolute atomic E-state index is 5.46. The van der Waals surface area contributed by atoms with Crippen molar-refractivity contribution in [2.75, 3.05) is 5.32 Å². The number of aromatic nitrogens is 1. The number of nitrogens with one attached hydrogen (secondary N) is 1. The minimum absolute atomic E-state index is 0.301. The maximum atomic E-state index is 5.46. The molecule has 0 fully saturated rings. The van der Waals surface area contributed by atoms with Crippen LogP contribution in [-0.2, 0) is 0 Å². The van der Waals surface area contributed by atoms with Gasteiger partial charge in [0.25, 0.3) is 0 Å². The summed E-state index contributed by atoms with van der Waals surface area (Å²) in [4.78, 5) is 5.67. The second-order valence-electron chi connectivity index (χ2n) is 4.30. The van der Waals surface area contributed by atoms with E-state index < -0.39 is 0 Å². The standard InChI is InChI=1S/C14H14N2OS/c1-9(14-4-3-7-18-14)15-11-5-6-13-12(8-11)16-10(2)17-13/h3-9,15H,1-2H3. The summed E-state index contributed by atoms with van der Waals surface area (Å²) in [7, 11) is 0. The van der Waals surface area contributed by atoms with Gasteiger partial charge < -0.3 is 9.73 Å². The Balaban J connectivity index is 1.86. The number of oxazole rings is 1. The predicted molar refractivity (Wildman–Crippen MR) is 75.1 cm³/mol. The number of anilines is 1.